The molecule has 0 spiro atoms. The lowest BCUT2D eigenvalue weighted by molar-refractivity contribution is -0.384. The molecule has 2 aromatic rings. The van der Waals surface area contributed by atoms with E-state index >= 15 is 0 Å². The summed E-state index contributed by atoms with van der Waals surface area (Å²) in [6, 6.07) is 0. The highest BCUT2D eigenvalue weighted by Crippen LogP contribution is 2.32. The minimum absolute atomic E-state index is 0.0305. The van der Waals surface area contributed by atoms with Crippen LogP contribution in [0.4, 0.5) is 20.3 Å². The number of ether oxygens (including phenoxy) is 1. The second kappa shape index (κ2) is 5.03. The van der Waals surface area contributed by atoms with Crippen molar-refractivity contribution in [1.82, 2.24) is 19.6 Å². The van der Waals surface area contributed by atoms with Gasteiger partial charge in [-0.2, -0.15) is 8.78 Å². The summed E-state index contributed by atoms with van der Waals surface area (Å²) in [6.45, 7) is -3.04. The number of hydrogen-bond donors (Lipinski definition) is 1. The molecule has 108 valence electrons. The average molecular weight is 353 g/mol. The standard InChI is InChI=1S/C8H7BrF2N6O3/c1-15-7(20-8(10)11)4(9)6(14-15)16-2-3(17(18)19)5(12)13-16/h2,8H,1H3,(H2,12,13). The van der Waals surface area contributed by atoms with Crippen LogP contribution in [0.25, 0.3) is 5.82 Å². The van der Waals surface area contributed by atoms with E-state index in [4.69, 9.17) is 5.73 Å². The number of anilines is 1. The minimum atomic E-state index is -3.04. The third-order valence-corrected chi connectivity index (χ3v) is 2.95. The van der Waals surface area contributed by atoms with Crippen LogP contribution in [0.3, 0.4) is 0 Å². The molecule has 0 saturated carbocycles. The highest BCUT2D eigenvalue weighted by molar-refractivity contribution is 9.10. The summed E-state index contributed by atoms with van der Waals surface area (Å²) in [5.41, 5.74) is 4.96. The Kier molecular flexibility index (Phi) is 3.57. The van der Waals surface area contributed by atoms with Crippen LogP contribution in [-0.4, -0.2) is 31.1 Å². The quantitative estimate of drug-likeness (QED) is 0.658. The van der Waals surface area contributed by atoms with Crippen molar-refractivity contribution in [3.63, 3.8) is 0 Å². The molecule has 0 amide bonds. The fourth-order valence-electron chi connectivity index (χ4n) is 1.46. The zero-order valence-electron chi connectivity index (χ0n) is 9.83. The summed E-state index contributed by atoms with van der Waals surface area (Å²) < 4.78 is 30.9. The van der Waals surface area contributed by atoms with Gasteiger partial charge in [0.25, 0.3) is 0 Å². The number of hydrogen-bond acceptors (Lipinski definition) is 6. The number of aryl methyl sites for hydroxylation is 1. The molecule has 2 N–H and O–H groups in total. The molecule has 2 rings (SSSR count). The van der Waals surface area contributed by atoms with E-state index in [1.165, 1.54) is 7.05 Å². The second-order valence-corrected chi connectivity index (χ2v) is 4.34. The minimum Gasteiger partial charge on any atom is -0.416 e. The van der Waals surface area contributed by atoms with Crippen molar-refractivity contribution in [3.05, 3.63) is 20.8 Å². The van der Waals surface area contributed by atoms with Crippen LogP contribution in [0.1, 0.15) is 0 Å². The molecule has 0 aliphatic carbocycles. The maximum absolute atomic E-state index is 12.3. The van der Waals surface area contributed by atoms with Gasteiger partial charge in [-0.15, -0.1) is 10.2 Å². The van der Waals surface area contributed by atoms with Crippen LogP contribution >= 0.6 is 15.9 Å². The normalized spacial score (nSPS) is 11.1. The van der Waals surface area contributed by atoms with Crippen molar-refractivity contribution in [3.8, 4) is 11.7 Å². The molecule has 0 aliphatic heterocycles. The molecule has 0 aliphatic rings. The Morgan fingerprint density at radius 2 is 2.20 bits per heavy atom. The van der Waals surface area contributed by atoms with Crippen LogP contribution in [-0.2, 0) is 7.05 Å². The largest absolute Gasteiger partial charge is 0.416 e. The number of alkyl halides is 2. The molecule has 0 radical (unpaired) electrons. The molecule has 2 aromatic heterocycles. The van der Waals surface area contributed by atoms with Crippen molar-refractivity contribution in [2.75, 3.05) is 5.73 Å². The highest BCUT2D eigenvalue weighted by Gasteiger charge is 2.24. The first-order chi connectivity index (χ1) is 9.31. The van der Waals surface area contributed by atoms with Gasteiger partial charge in [-0.1, -0.05) is 0 Å². The molecular weight excluding hydrogens is 346 g/mol. The third-order valence-electron chi connectivity index (χ3n) is 2.26. The van der Waals surface area contributed by atoms with Crippen LogP contribution in [0.2, 0.25) is 0 Å². The summed E-state index contributed by atoms with van der Waals surface area (Å²) in [6.07, 6.45) is 1.02. The van der Waals surface area contributed by atoms with Gasteiger partial charge in [0.1, 0.15) is 10.7 Å². The first kappa shape index (κ1) is 14.2. The second-order valence-electron chi connectivity index (χ2n) is 3.55. The Bertz CT molecular complexity index is 669. The Morgan fingerprint density at radius 3 is 2.70 bits per heavy atom. The van der Waals surface area contributed by atoms with Gasteiger partial charge in [-0.25, -0.2) is 9.36 Å². The Hall–Kier alpha value is -2.24. The van der Waals surface area contributed by atoms with Crippen LogP contribution < -0.4 is 10.5 Å². The third kappa shape index (κ3) is 2.41. The highest BCUT2D eigenvalue weighted by atomic mass is 79.9. The Balaban J connectivity index is 2.48. The maximum Gasteiger partial charge on any atom is 0.388 e. The lowest BCUT2D eigenvalue weighted by atomic mass is 10.5. The van der Waals surface area contributed by atoms with Crippen molar-refractivity contribution < 1.29 is 18.4 Å². The van der Waals surface area contributed by atoms with Crippen LogP contribution in [0.5, 0.6) is 5.88 Å². The average Bonchev–Trinajstić information content (AvgIpc) is 2.84. The molecule has 20 heavy (non-hydrogen) atoms. The van der Waals surface area contributed by atoms with Gasteiger partial charge in [0.15, 0.2) is 5.82 Å². The molecule has 9 nitrogen and oxygen atoms in total. The van der Waals surface area contributed by atoms with E-state index in [2.05, 4.69) is 30.9 Å². The zero-order chi connectivity index (χ0) is 15.0. The van der Waals surface area contributed by atoms with E-state index in [1.807, 2.05) is 0 Å². The summed E-state index contributed by atoms with van der Waals surface area (Å²) in [5.74, 6) is -0.529. The first-order valence-corrected chi connectivity index (χ1v) is 5.77. The molecule has 0 aromatic carbocycles. The lowest BCUT2D eigenvalue weighted by Gasteiger charge is -2.03. The smallest absolute Gasteiger partial charge is 0.388 e. The fraction of sp³-hybridized carbons (Fsp3) is 0.250. The molecule has 0 saturated heterocycles. The summed E-state index contributed by atoms with van der Waals surface area (Å²) >= 11 is 3.02. The van der Waals surface area contributed by atoms with Gasteiger partial charge in [0.05, 0.1) is 4.92 Å². The van der Waals surface area contributed by atoms with E-state index in [0.717, 1.165) is 15.6 Å². The van der Waals surface area contributed by atoms with E-state index < -0.39 is 17.2 Å². The first-order valence-electron chi connectivity index (χ1n) is 4.98. The predicted octanol–water partition coefficient (Wildman–Crippen LogP) is 1.46. The van der Waals surface area contributed by atoms with Gasteiger partial charge in [0.2, 0.25) is 11.7 Å². The molecule has 0 atom stereocenters. The predicted molar refractivity (Wildman–Crippen MR) is 65.7 cm³/mol. The van der Waals surface area contributed by atoms with Crippen LogP contribution in [0, 0.1) is 10.1 Å². The number of nitrogens with two attached hydrogens (primary N) is 1. The van der Waals surface area contributed by atoms with Crippen molar-refractivity contribution in [1.29, 1.82) is 0 Å². The molecule has 0 unspecified atom stereocenters. The summed E-state index contributed by atoms with van der Waals surface area (Å²) in [4.78, 5) is 9.96. The monoisotopic (exact) mass is 352 g/mol. The van der Waals surface area contributed by atoms with Gasteiger partial charge in [-0.3, -0.25) is 10.1 Å². The number of halogens is 3. The summed E-state index contributed by atoms with van der Waals surface area (Å²) in [5, 5.41) is 18.3. The number of nitrogen functional groups attached to an aromatic ring is 1. The van der Waals surface area contributed by atoms with Gasteiger partial charge in [0, 0.05) is 7.05 Å². The molecule has 12 heteroatoms. The lowest BCUT2D eigenvalue weighted by Crippen LogP contribution is -2.06. The Labute approximate surface area is 118 Å². The maximum atomic E-state index is 12.3. The summed E-state index contributed by atoms with van der Waals surface area (Å²) in [7, 11) is 1.37. The number of aromatic nitrogens is 4. The Morgan fingerprint density at radius 1 is 1.55 bits per heavy atom. The topological polar surface area (TPSA) is 114 Å². The number of rotatable bonds is 4. The van der Waals surface area contributed by atoms with E-state index in [0.29, 0.717) is 0 Å². The van der Waals surface area contributed by atoms with Crippen molar-refractivity contribution in [2.45, 2.75) is 6.61 Å². The van der Waals surface area contributed by atoms with E-state index in [9.17, 15) is 18.9 Å². The van der Waals surface area contributed by atoms with Crippen molar-refractivity contribution in [2.24, 2.45) is 7.05 Å². The molecule has 0 fully saturated rings. The van der Waals surface area contributed by atoms with Gasteiger partial charge >= 0.3 is 12.3 Å². The molecular formula is C8H7BrF2N6O3. The SMILES string of the molecule is Cn1nc(-n2cc([N+](=O)[O-])c(N)n2)c(Br)c1OC(F)F. The number of nitrogens with zero attached hydrogens (tertiary/aromatic N) is 5. The van der Waals surface area contributed by atoms with E-state index in [1.54, 1.807) is 0 Å². The fourth-order valence-corrected chi connectivity index (χ4v) is 2.07. The van der Waals surface area contributed by atoms with Crippen LogP contribution in [0.15, 0.2) is 10.7 Å². The molecule has 2 heterocycles. The van der Waals surface area contributed by atoms with Crippen molar-refractivity contribution >= 4 is 27.4 Å². The van der Waals surface area contributed by atoms with Gasteiger partial charge < -0.3 is 10.5 Å². The van der Waals surface area contributed by atoms with Gasteiger partial charge in [-0.05, 0) is 15.9 Å². The zero-order valence-corrected chi connectivity index (χ0v) is 11.4. The number of nitro groups is 1. The molecule has 0 bridgehead atoms. The van der Waals surface area contributed by atoms with E-state index in [-0.39, 0.29) is 22.0 Å².